The minimum atomic E-state index is -0.867. The third kappa shape index (κ3) is 5.86. The Kier molecular flexibility index (Phi) is 8.16. The first kappa shape index (κ1) is 26.2. The molecule has 2 aromatic carbocycles. The Morgan fingerprint density at radius 3 is 3.00 bits per heavy atom. The van der Waals surface area contributed by atoms with Gasteiger partial charge in [-0.2, -0.15) is 0 Å². The number of hydrogen-bond acceptors (Lipinski definition) is 7. The van der Waals surface area contributed by atoms with Crippen molar-refractivity contribution in [1.29, 1.82) is 0 Å². The van der Waals surface area contributed by atoms with Crippen molar-refractivity contribution in [2.24, 2.45) is 5.92 Å². The molecule has 37 heavy (non-hydrogen) atoms. The molecule has 1 amide bonds. The number of halogens is 2. The van der Waals surface area contributed by atoms with E-state index in [9.17, 15) is 14.3 Å². The molecule has 0 aliphatic carbocycles. The number of nitrogens with one attached hydrogen (secondary N) is 3. The smallest absolute Gasteiger partial charge is 0.234 e. The van der Waals surface area contributed by atoms with E-state index in [0.29, 0.717) is 34.0 Å². The lowest BCUT2D eigenvalue weighted by molar-refractivity contribution is -0.113. The number of benzene rings is 2. The van der Waals surface area contributed by atoms with E-state index in [1.807, 2.05) is 18.2 Å². The second kappa shape index (κ2) is 11.5. The summed E-state index contributed by atoms with van der Waals surface area (Å²) in [6.45, 7) is 2.04. The number of carbonyl (C=O) groups is 1. The highest BCUT2D eigenvalue weighted by molar-refractivity contribution is 8.00. The Hall–Kier alpha value is -2.43. The largest absolute Gasteiger partial charge is 0.497 e. The van der Waals surface area contributed by atoms with E-state index in [1.165, 1.54) is 17.8 Å². The van der Waals surface area contributed by atoms with Crippen LogP contribution in [0.3, 0.4) is 0 Å². The van der Waals surface area contributed by atoms with Gasteiger partial charge in [0.05, 0.1) is 35.2 Å². The molecule has 3 aromatic rings. The Bertz CT molecular complexity index is 1300. The zero-order chi connectivity index (χ0) is 25.9. The predicted molar refractivity (Wildman–Crippen MR) is 145 cm³/mol. The number of aliphatic hydroxyl groups is 1. The van der Waals surface area contributed by atoms with Crippen molar-refractivity contribution >= 4 is 45.9 Å². The number of amides is 1. The molecule has 1 fully saturated rings. The lowest BCUT2D eigenvalue weighted by atomic mass is 9.86. The van der Waals surface area contributed by atoms with Gasteiger partial charge < -0.3 is 25.8 Å². The van der Waals surface area contributed by atoms with E-state index in [2.05, 4.69) is 20.9 Å². The van der Waals surface area contributed by atoms with Crippen molar-refractivity contribution < 1.29 is 19.0 Å². The Morgan fingerprint density at radius 2 is 2.22 bits per heavy atom. The third-order valence-electron chi connectivity index (χ3n) is 7.12. The van der Waals surface area contributed by atoms with Crippen LogP contribution in [0.1, 0.15) is 36.5 Å². The van der Waals surface area contributed by atoms with Gasteiger partial charge in [-0.15, -0.1) is 11.8 Å². The summed E-state index contributed by atoms with van der Waals surface area (Å²) in [5.41, 5.74) is 2.45. The number of carbonyl (C=O) groups excluding carboxylic acids is 1. The highest BCUT2D eigenvalue weighted by Crippen LogP contribution is 2.36. The van der Waals surface area contributed by atoms with Crippen LogP contribution in [0.2, 0.25) is 5.02 Å². The second-order valence-corrected chi connectivity index (χ2v) is 10.9. The summed E-state index contributed by atoms with van der Waals surface area (Å²) < 4.78 is 20.3. The highest BCUT2D eigenvalue weighted by atomic mass is 35.5. The third-order valence-corrected chi connectivity index (χ3v) is 8.48. The van der Waals surface area contributed by atoms with Crippen molar-refractivity contribution in [2.75, 3.05) is 31.3 Å². The zero-order valence-electron chi connectivity index (χ0n) is 20.5. The maximum absolute atomic E-state index is 14.9. The maximum atomic E-state index is 14.9. The van der Waals surface area contributed by atoms with Crippen LogP contribution in [0, 0.1) is 11.7 Å². The minimum absolute atomic E-state index is 0.0876. The number of hydrogen-bond donors (Lipinski definition) is 4. The topological polar surface area (TPSA) is 95.5 Å². The molecule has 0 radical (unpaired) electrons. The van der Waals surface area contributed by atoms with Crippen LogP contribution in [-0.2, 0) is 11.3 Å². The Labute approximate surface area is 224 Å². The fraction of sp³-hybridized carbons (Fsp3) is 0.407. The Balaban J connectivity index is 1.40. The first-order valence-electron chi connectivity index (χ1n) is 12.4. The molecule has 5 rings (SSSR count). The van der Waals surface area contributed by atoms with Crippen LogP contribution in [0.4, 0.5) is 10.1 Å². The van der Waals surface area contributed by atoms with Crippen LogP contribution in [0.25, 0.3) is 10.9 Å². The van der Waals surface area contributed by atoms with Crippen LogP contribution < -0.4 is 20.7 Å². The van der Waals surface area contributed by atoms with Gasteiger partial charge in [0.2, 0.25) is 5.91 Å². The number of anilines is 1. The number of thioether (sulfide) groups is 1. The molecule has 2 aliphatic rings. The average Bonchev–Trinajstić information content (AvgIpc) is 2.91. The van der Waals surface area contributed by atoms with Gasteiger partial charge in [0.1, 0.15) is 11.6 Å². The number of pyridine rings is 1. The molecule has 0 saturated carbocycles. The summed E-state index contributed by atoms with van der Waals surface area (Å²) in [6.07, 6.45) is 3.12. The van der Waals surface area contributed by atoms with Gasteiger partial charge in [0.25, 0.3) is 0 Å². The molecule has 3 atom stereocenters. The first-order valence-corrected chi connectivity index (χ1v) is 13.8. The zero-order valence-corrected chi connectivity index (χ0v) is 22.1. The molecule has 10 heteroatoms. The highest BCUT2D eigenvalue weighted by Gasteiger charge is 2.28. The molecule has 196 valence electrons. The number of fused-ring (bicyclic) bond motifs is 2. The lowest BCUT2D eigenvalue weighted by Crippen LogP contribution is -2.44. The number of methoxy groups -OCH3 is 1. The predicted octanol–water partition coefficient (Wildman–Crippen LogP) is 4.66. The van der Waals surface area contributed by atoms with Crippen molar-refractivity contribution in [1.82, 2.24) is 15.6 Å². The van der Waals surface area contributed by atoms with Gasteiger partial charge >= 0.3 is 0 Å². The second-order valence-electron chi connectivity index (χ2n) is 9.52. The Morgan fingerprint density at radius 1 is 1.35 bits per heavy atom. The van der Waals surface area contributed by atoms with Gasteiger partial charge in [-0.1, -0.05) is 11.6 Å². The molecular formula is C27H30ClFN4O3S. The van der Waals surface area contributed by atoms with E-state index >= 15 is 0 Å². The molecule has 2 aliphatic heterocycles. The summed E-state index contributed by atoms with van der Waals surface area (Å²) in [5, 5.41) is 22.4. The fourth-order valence-corrected chi connectivity index (χ4v) is 6.27. The summed E-state index contributed by atoms with van der Waals surface area (Å²) >= 11 is 7.89. The quantitative estimate of drug-likeness (QED) is 0.327. The van der Waals surface area contributed by atoms with Gasteiger partial charge in [-0.05, 0) is 68.6 Å². The molecule has 0 bridgehead atoms. The van der Waals surface area contributed by atoms with E-state index in [1.54, 1.807) is 19.4 Å². The van der Waals surface area contributed by atoms with E-state index < -0.39 is 6.10 Å². The number of ether oxygens (including phenoxy) is 1. The SMILES string of the molecule is COc1ccc2ncc(Cl)c(C(O)CC(NCc3cc4c(cc3F)SCC(=O)N4)C3CCCNC3)c2c1. The molecular weight excluding hydrogens is 515 g/mol. The molecule has 0 spiro atoms. The summed E-state index contributed by atoms with van der Waals surface area (Å²) in [6, 6.07) is 8.59. The standard InChI is InChI=1S/C27H30ClFN4O3S/c1-36-17-4-5-21-18(8-17)27(19(28)13-32-21)24(34)10-22(15-3-2-6-30-11-15)31-12-16-7-23-25(9-20(16)29)37-14-26(35)33-23/h4-5,7-9,13,15,22,24,30-31,34H,2-3,6,10-12,14H2,1H3,(H,33,35). The lowest BCUT2D eigenvalue weighted by Gasteiger charge is -2.33. The first-order chi connectivity index (χ1) is 17.9. The van der Waals surface area contributed by atoms with Gasteiger partial charge in [-0.3, -0.25) is 9.78 Å². The number of aliphatic hydroxyl groups excluding tert-OH is 1. The molecule has 1 aromatic heterocycles. The maximum Gasteiger partial charge on any atom is 0.234 e. The normalized spacial score (nSPS) is 19.2. The number of piperidine rings is 1. The van der Waals surface area contributed by atoms with Crippen molar-refractivity contribution in [3.8, 4) is 5.75 Å². The van der Waals surface area contributed by atoms with Gasteiger partial charge in [-0.25, -0.2) is 4.39 Å². The van der Waals surface area contributed by atoms with Gasteiger partial charge in [0, 0.05) is 40.2 Å². The summed E-state index contributed by atoms with van der Waals surface area (Å²) in [5.74, 6) is 0.795. The number of rotatable bonds is 8. The molecule has 3 unspecified atom stereocenters. The van der Waals surface area contributed by atoms with E-state index in [4.69, 9.17) is 16.3 Å². The molecule has 4 N–H and O–H groups in total. The van der Waals surface area contributed by atoms with Crippen molar-refractivity contribution in [2.45, 2.75) is 42.8 Å². The van der Waals surface area contributed by atoms with E-state index in [0.717, 1.165) is 41.7 Å². The number of nitrogens with zero attached hydrogens (tertiary/aromatic N) is 1. The number of aromatic nitrogens is 1. The van der Waals surface area contributed by atoms with Crippen LogP contribution in [0.5, 0.6) is 5.75 Å². The fourth-order valence-electron chi connectivity index (χ4n) is 5.18. The van der Waals surface area contributed by atoms with Crippen LogP contribution in [-0.4, -0.2) is 48.0 Å². The van der Waals surface area contributed by atoms with Crippen LogP contribution in [0.15, 0.2) is 41.4 Å². The molecule has 7 nitrogen and oxygen atoms in total. The minimum Gasteiger partial charge on any atom is -0.497 e. The monoisotopic (exact) mass is 544 g/mol. The van der Waals surface area contributed by atoms with E-state index in [-0.39, 0.29) is 36.0 Å². The van der Waals surface area contributed by atoms with Crippen molar-refractivity contribution in [3.63, 3.8) is 0 Å². The molecule has 3 heterocycles. The van der Waals surface area contributed by atoms with Crippen LogP contribution >= 0.6 is 23.4 Å². The van der Waals surface area contributed by atoms with Crippen molar-refractivity contribution in [3.05, 3.63) is 58.5 Å². The van der Waals surface area contributed by atoms with Gasteiger partial charge in [0.15, 0.2) is 0 Å². The summed E-state index contributed by atoms with van der Waals surface area (Å²) in [4.78, 5) is 16.9. The summed E-state index contributed by atoms with van der Waals surface area (Å²) in [7, 11) is 1.59. The molecule has 1 saturated heterocycles. The average molecular weight is 545 g/mol.